The van der Waals surface area contributed by atoms with Gasteiger partial charge in [0.1, 0.15) is 0 Å². The minimum Gasteiger partial charge on any atom is -0.339 e. The Morgan fingerprint density at radius 2 is 2.08 bits per heavy atom. The molecule has 0 spiro atoms. The largest absolute Gasteiger partial charge is 0.339 e. The summed E-state index contributed by atoms with van der Waals surface area (Å²) >= 11 is 5.79. The van der Waals surface area contributed by atoms with Crippen LogP contribution in [0.25, 0.3) is 10.9 Å². The lowest BCUT2D eigenvalue weighted by atomic mass is 10.2. The van der Waals surface area contributed by atoms with Crippen LogP contribution in [0.1, 0.15) is 0 Å². The number of hydrogen-bond donors (Lipinski definition) is 0. The van der Waals surface area contributed by atoms with Crippen LogP contribution in [-0.2, 0) is 7.05 Å². The highest BCUT2D eigenvalue weighted by Crippen LogP contribution is 2.23. The molecular weight excluding hydrogens is 329 g/mol. The summed E-state index contributed by atoms with van der Waals surface area (Å²) in [5, 5.41) is 1.29. The quantitative estimate of drug-likeness (QED) is 0.649. The minimum absolute atomic E-state index is 1.14. The van der Waals surface area contributed by atoms with Gasteiger partial charge in [0.25, 0.3) is 0 Å². The predicted octanol–water partition coefficient (Wildman–Crippen LogP) is 3.55. The van der Waals surface area contributed by atoms with Crippen LogP contribution in [0.15, 0.2) is 28.7 Å². The number of aryl methyl sites for hydroxylation is 1. The fraction of sp³-hybridized carbons (Fsp3) is 0.111. The number of aromatic nitrogens is 1. The van der Waals surface area contributed by atoms with Crippen molar-refractivity contribution >= 4 is 49.4 Å². The second-order valence-corrected chi connectivity index (χ2v) is 4.75. The zero-order valence-electron chi connectivity index (χ0n) is 6.51. The third-order valence-corrected chi connectivity index (χ3v) is 3.47. The van der Waals surface area contributed by atoms with Crippen LogP contribution in [0.2, 0.25) is 0 Å². The van der Waals surface area contributed by atoms with Gasteiger partial charge >= 0.3 is 0 Å². The first-order valence-electron chi connectivity index (χ1n) is 3.59. The third kappa shape index (κ3) is 1.29. The van der Waals surface area contributed by atoms with Gasteiger partial charge in [0.05, 0.1) is 3.70 Å². The maximum atomic E-state index is 3.45. The standard InChI is InChI=1S/C9H7BrIN/c1-12-8-3-2-7(10)4-6(8)5-9(12)11/h2-5H,1H3. The molecule has 0 atom stereocenters. The molecule has 2 rings (SSSR count). The lowest BCUT2D eigenvalue weighted by Crippen LogP contribution is -1.88. The molecule has 12 heavy (non-hydrogen) atoms. The SMILES string of the molecule is Cn1c(I)cc2cc(Br)ccc21. The molecule has 0 saturated heterocycles. The highest BCUT2D eigenvalue weighted by atomic mass is 127. The summed E-state index contributed by atoms with van der Waals surface area (Å²) in [4.78, 5) is 0. The fourth-order valence-corrected chi connectivity index (χ4v) is 2.26. The van der Waals surface area contributed by atoms with Gasteiger partial charge in [-0.25, -0.2) is 0 Å². The van der Waals surface area contributed by atoms with E-state index in [1.165, 1.54) is 14.6 Å². The molecule has 1 aromatic carbocycles. The molecule has 2 aromatic rings. The first-order valence-corrected chi connectivity index (χ1v) is 5.46. The molecule has 1 aromatic heterocycles. The molecular formula is C9H7BrIN. The summed E-state index contributed by atoms with van der Waals surface area (Å²) in [6.45, 7) is 0. The Bertz CT molecular complexity index is 433. The summed E-state index contributed by atoms with van der Waals surface area (Å²) in [5.41, 5.74) is 1.28. The smallest absolute Gasteiger partial charge is 0.0806 e. The van der Waals surface area contributed by atoms with Gasteiger partial charge in [-0.05, 0) is 46.9 Å². The number of nitrogens with zero attached hydrogens (tertiary/aromatic N) is 1. The van der Waals surface area contributed by atoms with Gasteiger partial charge in [-0.3, -0.25) is 0 Å². The molecule has 1 heterocycles. The lowest BCUT2D eigenvalue weighted by molar-refractivity contribution is 0.938. The lowest BCUT2D eigenvalue weighted by Gasteiger charge is -1.96. The number of benzene rings is 1. The maximum absolute atomic E-state index is 3.45. The van der Waals surface area contributed by atoms with Crippen molar-refractivity contribution in [2.75, 3.05) is 0 Å². The van der Waals surface area contributed by atoms with Crippen LogP contribution in [0.4, 0.5) is 0 Å². The van der Waals surface area contributed by atoms with Crippen LogP contribution in [-0.4, -0.2) is 4.57 Å². The summed E-state index contributed by atoms with van der Waals surface area (Å²) in [6.07, 6.45) is 0. The monoisotopic (exact) mass is 335 g/mol. The van der Waals surface area contributed by atoms with Crippen LogP contribution in [0.5, 0.6) is 0 Å². The molecule has 0 aliphatic carbocycles. The van der Waals surface area contributed by atoms with Gasteiger partial charge in [-0.15, -0.1) is 0 Å². The molecule has 0 unspecified atom stereocenters. The Morgan fingerprint density at radius 1 is 1.33 bits per heavy atom. The van der Waals surface area contributed by atoms with Crippen molar-refractivity contribution in [1.29, 1.82) is 0 Å². The second-order valence-electron chi connectivity index (χ2n) is 2.73. The third-order valence-electron chi connectivity index (χ3n) is 1.95. The second kappa shape index (κ2) is 3.03. The van der Waals surface area contributed by atoms with Crippen molar-refractivity contribution in [3.63, 3.8) is 0 Å². The zero-order valence-corrected chi connectivity index (χ0v) is 10.3. The van der Waals surface area contributed by atoms with Crippen molar-refractivity contribution in [3.05, 3.63) is 32.4 Å². The van der Waals surface area contributed by atoms with E-state index in [1.54, 1.807) is 0 Å². The molecule has 0 bridgehead atoms. The molecule has 0 fully saturated rings. The van der Waals surface area contributed by atoms with E-state index in [2.05, 4.69) is 74.4 Å². The van der Waals surface area contributed by atoms with Gasteiger partial charge < -0.3 is 4.57 Å². The number of fused-ring (bicyclic) bond motifs is 1. The average Bonchev–Trinajstić information content (AvgIpc) is 2.28. The Hall–Kier alpha value is -0.0300. The summed E-state index contributed by atoms with van der Waals surface area (Å²) in [6, 6.07) is 8.51. The van der Waals surface area contributed by atoms with Crippen molar-refractivity contribution in [3.8, 4) is 0 Å². The first-order chi connectivity index (χ1) is 5.68. The zero-order chi connectivity index (χ0) is 8.72. The van der Waals surface area contributed by atoms with Crippen molar-refractivity contribution in [1.82, 2.24) is 4.57 Å². The van der Waals surface area contributed by atoms with Crippen LogP contribution in [0.3, 0.4) is 0 Å². The van der Waals surface area contributed by atoms with E-state index in [0.29, 0.717) is 0 Å². The first kappa shape index (κ1) is 8.56. The van der Waals surface area contributed by atoms with E-state index in [0.717, 1.165) is 4.47 Å². The van der Waals surface area contributed by atoms with E-state index >= 15 is 0 Å². The fourth-order valence-electron chi connectivity index (χ4n) is 1.29. The van der Waals surface area contributed by atoms with E-state index in [9.17, 15) is 0 Å². The molecule has 0 N–H and O–H groups in total. The summed E-state index contributed by atoms with van der Waals surface area (Å²) in [5.74, 6) is 0. The highest BCUT2D eigenvalue weighted by molar-refractivity contribution is 14.1. The van der Waals surface area contributed by atoms with Gasteiger partial charge in [0.15, 0.2) is 0 Å². The molecule has 1 nitrogen and oxygen atoms in total. The number of hydrogen-bond acceptors (Lipinski definition) is 0. The highest BCUT2D eigenvalue weighted by Gasteiger charge is 2.02. The maximum Gasteiger partial charge on any atom is 0.0806 e. The topological polar surface area (TPSA) is 4.93 Å². The van der Waals surface area contributed by atoms with Crippen LogP contribution >= 0.6 is 38.5 Å². The average molecular weight is 336 g/mol. The molecule has 62 valence electrons. The molecule has 0 aliphatic rings. The van der Waals surface area contributed by atoms with Crippen LogP contribution in [0, 0.1) is 3.70 Å². The Kier molecular flexibility index (Phi) is 2.16. The summed E-state index contributed by atoms with van der Waals surface area (Å²) in [7, 11) is 2.08. The molecule has 0 amide bonds. The van der Waals surface area contributed by atoms with E-state index < -0.39 is 0 Å². The van der Waals surface area contributed by atoms with Crippen molar-refractivity contribution < 1.29 is 0 Å². The Balaban J connectivity index is 2.87. The molecule has 0 aliphatic heterocycles. The Labute approximate surface area is 93.0 Å². The molecule has 3 heteroatoms. The van der Waals surface area contributed by atoms with Gasteiger partial charge in [0, 0.05) is 22.4 Å². The normalized spacial score (nSPS) is 10.9. The van der Waals surface area contributed by atoms with E-state index in [4.69, 9.17) is 0 Å². The van der Waals surface area contributed by atoms with Crippen molar-refractivity contribution in [2.24, 2.45) is 7.05 Å². The predicted molar refractivity (Wildman–Crippen MR) is 63.3 cm³/mol. The van der Waals surface area contributed by atoms with Gasteiger partial charge in [-0.2, -0.15) is 0 Å². The van der Waals surface area contributed by atoms with Gasteiger partial charge in [0.2, 0.25) is 0 Å². The van der Waals surface area contributed by atoms with E-state index in [1.807, 2.05) is 0 Å². The van der Waals surface area contributed by atoms with Crippen LogP contribution < -0.4 is 0 Å². The van der Waals surface area contributed by atoms with Crippen molar-refractivity contribution in [2.45, 2.75) is 0 Å². The molecule has 0 radical (unpaired) electrons. The number of rotatable bonds is 0. The summed E-state index contributed by atoms with van der Waals surface area (Å²) < 4.78 is 4.58. The Morgan fingerprint density at radius 3 is 2.83 bits per heavy atom. The number of halogens is 2. The minimum atomic E-state index is 1.14. The van der Waals surface area contributed by atoms with E-state index in [-0.39, 0.29) is 0 Å². The van der Waals surface area contributed by atoms with Gasteiger partial charge in [-0.1, -0.05) is 15.9 Å². The molecule has 0 saturated carbocycles.